The molecule has 1 amide bonds. The lowest BCUT2D eigenvalue weighted by molar-refractivity contribution is -0.385. The van der Waals surface area contributed by atoms with Crippen LogP contribution in [-0.4, -0.2) is 23.7 Å². The fraction of sp³-hybridized carbons (Fsp3) is 0.133. The molecule has 0 heterocycles. The summed E-state index contributed by atoms with van der Waals surface area (Å²) in [6.45, 7) is 2.43. The smallest absolute Gasteiger partial charge is 0.416 e. The number of nitrogens with one attached hydrogen (secondary N) is 1. The second kappa shape index (κ2) is 13.7. The van der Waals surface area contributed by atoms with Crippen LogP contribution in [-0.2, 0) is 12.8 Å². The van der Waals surface area contributed by atoms with E-state index in [-0.39, 0.29) is 21.9 Å². The average Bonchev–Trinajstić information content (AvgIpc) is 2.98. The molecule has 13 heteroatoms. The Bertz CT molecular complexity index is 1650. The lowest BCUT2D eigenvalue weighted by Gasteiger charge is -2.13. The third-order valence-corrected chi connectivity index (χ3v) is 6.02. The number of carbonyl (C=O) groups excluding carboxylic acids is 1. The highest BCUT2D eigenvalue weighted by molar-refractivity contribution is 6.30. The Hall–Kier alpha value is -5.10. The Balaban J connectivity index is 1.50. The number of nitro groups is 1. The van der Waals surface area contributed by atoms with E-state index < -0.39 is 34.0 Å². The van der Waals surface area contributed by atoms with Gasteiger partial charge in [0.15, 0.2) is 11.5 Å². The predicted octanol–water partition coefficient (Wildman–Crippen LogP) is 7.80. The summed E-state index contributed by atoms with van der Waals surface area (Å²) in [4.78, 5) is 23.3. The Morgan fingerprint density at radius 2 is 1.67 bits per heavy atom. The molecule has 4 rings (SSSR count). The van der Waals surface area contributed by atoms with Crippen LogP contribution in [0.2, 0.25) is 5.02 Å². The molecule has 222 valence electrons. The van der Waals surface area contributed by atoms with Crippen LogP contribution in [0.3, 0.4) is 0 Å². The van der Waals surface area contributed by atoms with Crippen LogP contribution in [0, 0.1) is 10.1 Å². The predicted molar refractivity (Wildman–Crippen MR) is 153 cm³/mol. The summed E-state index contributed by atoms with van der Waals surface area (Å²) in [5, 5.41) is 15.6. The van der Waals surface area contributed by atoms with Gasteiger partial charge in [-0.15, -0.1) is 0 Å². The van der Waals surface area contributed by atoms with Crippen LogP contribution < -0.4 is 19.6 Å². The molecule has 0 radical (unpaired) electrons. The number of rotatable bonds is 11. The first kappa shape index (κ1) is 30.8. The average molecular weight is 614 g/mol. The Morgan fingerprint density at radius 3 is 2.37 bits per heavy atom. The number of nitro benzene ring substituents is 1. The molecule has 0 fully saturated rings. The van der Waals surface area contributed by atoms with Gasteiger partial charge in [-0.3, -0.25) is 14.9 Å². The molecular formula is C30H23ClF3N3O6. The monoisotopic (exact) mass is 613 g/mol. The molecule has 4 aromatic carbocycles. The van der Waals surface area contributed by atoms with E-state index >= 15 is 0 Å². The van der Waals surface area contributed by atoms with Gasteiger partial charge in [0.2, 0.25) is 5.75 Å². The molecule has 0 aromatic heterocycles. The zero-order valence-electron chi connectivity index (χ0n) is 22.4. The minimum atomic E-state index is -4.78. The second-order valence-electron chi connectivity index (χ2n) is 8.79. The van der Waals surface area contributed by atoms with Crippen LogP contribution in [0.1, 0.15) is 34.0 Å². The molecular weight excluding hydrogens is 591 g/mol. The normalized spacial score (nSPS) is 11.3. The Kier molecular flexibility index (Phi) is 9.83. The van der Waals surface area contributed by atoms with Crippen molar-refractivity contribution >= 4 is 29.4 Å². The lowest BCUT2D eigenvalue weighted by atomic mass is 10.1. The van der Waals surface area contributed by atoms with E-state index in [1.54, 1.807) is 13.0 Å². The number of hydrazone groups is 1. The Labute approximate surface area is 248 Å². The molecule has 0 unspecified atom stereocenters. The molecule has 9 nitrogen and oxygen atoms in total. The van der Waals surface area contributed by atoms with Crippen molar-refractivity contribution in [3.63, 3.8) is 0 Å². The number of alkyl halides is 3. The minimum absolute atomic E-state index is 0.0104. The number of halogens is 4. The SMILES string of the molecule is CCOc1cc(C(=O)N/N=C/c2cc(Cl)ccc2Oc2ccc(C(F)(F)F)cc2[N+](=O)[O-])ccc1OCc1ccccc1. The quantitative estimate of drug-likeness (QED) is 0.105. The van der Waals surface area contributed by atoms with Crippen LogP contribution in [0.4, 0.5) is 18.9 Å². The van der Waals surface area contributed by atoms with Gasteiger partial charge < -0.3 is 14.2 Å². The van der Waals surface area contributed by atoms with Crippen LogP contribution in [0.25, 0.3) is 0 Å². The third-order valence-electron chi connectivity index (χ3n) is 5.79. The number of hydrogen-bond donors (Lipinski definition) is 1. The highest BCUT2D eigenvalue weighted by Crippen LogP contribution is 2.38. The van der Waals surface area contributed by atoms with Crippen molar-refractivity contribution in [1.82, 2.24) is 5.43 Å². The summed E-state index contributed by atoms with van der Waals surface area (Å²) in [5.41, 5.74) is 1.63. The molecule has 0 saturated carbocycles. The van der Waals surface area contributed by atoms with Gasteiger partial charge in [-0.25, -0.2) is 5.43 Å². The Morgan fingerprint density at radius 1 is 0.953 bits per heavy atom. The van der Waals surface area contributed by atoms with Gasteiger partial charge in [0, 0.05) is 22.2 Å². The van der Waals surface area contributed by atoms with Crippen molar-refractivity contribution in [3.05, 3.63) is 122 Å². The van der Waals surface area contributed by atoms with Gasteiger partial charge in [0.25, 0.3) is 5.91 Å². The standard InChI is InChI=1S/C30H23ClF3N3O6/c1-2-41-28-15-20(8-11-27(28)42-18-19-6-4-3-5-7-19)29(38)36-35-17-21-14-23(31)10-13-25(21)43-26-12-9-22(30(32,33)34)16-24(26)37(39)40/h3-17H,2,18H2,1H3,(H,36,38)/b35-17+. The fourth-order valence-corrected chi connectivity index (χ4v) is 3.93. The van der Waals surface area contributed by atoms with E-state index in [9.17, 15) is 28.1 Å². The van der Waals surface area contributed by atoms with E-state index in [4.69, 9.17) is 25.8 Å². The third kappa shape index (κ3) is 8.23. The number of benzene rings is 4. The van der Waals surface area contributed by atoms with E-state index in [0.717, 1.165) is 11.6 Å². The maximum absolute atomic E-state index is 13.1. The molecule has 1 N–H and O–H groups in total. The molecule has 0 aliphatic rings. The molecule has 0 spiro atoms. The first-order valence-corrected chi connectivity index (χ1v) is 13.0. The molecule has 0 saturated heterocycles. The second-order valence-corrected chi connectivity index (χ2v) is 9.23. The van der Waals surface area contributed by atoms with Crippen molar-refractivity contribution in [1.29, 1.82) is 0 Å². The van der Waals surface area contributed by atoms with E-state index in [2.05, 4.69) is 10.5 Å². The fourth-order valence-electron chi connectivity index (χ4n) is 3.75. The van der Waals surface area contributed by atoms with E-state index in [1.807, 2.05) is 30.3 Å². The molecule has 0 atom stereocenters. The maximum Gasteiger partial charge on any atom is 0.416 e. The maximum atomic E-state index is 13.1. The van der Waals surface area contributed by atoms with E-state index in [0.29, 0.717) is 36.8 Å². The van der Waals surface area contributed by atoms with Gasteiger partial charge in [-0.2, -0.15) is 18.3 Å². The number of amides is 1. The molecule has 4 aromatic rings. The summed E-state index contributed by atoms with van der Waals surface area (Å²) < 4.78 is 56.3. The van der Waals surface area contributed by atoms with E-state index in [1.165, 1.54) is 36.5 Å². The molecule has 0 aliphatic carbocycles. The van der Waals surface area contributed by atoms with Gasteiger partial charge in [0.1, 0.15) is 12.4 Å². The summed E-state index contributed by atoms with van der Waals surface area (Å²) >= 11 is 6.07. The van der Waals surface area contributed by atoms with Gasteiger partial charge in [-0.1, -0.05) is 41.9 Å². The number of hydrogen-bond acceptors (Lipinski definition) is 7. The molecule has 0 bridgehead atoms. The highest BCUT2D eigenvalue weighted by atomic mass is 35.5. The van der Waals surface area contributed by atoms with Crippen LogP contribution >= 0.6 is 11.6 Å². The lowest BCUT2D eigenvalue weighted by Crippen LogP contribution is -2.18. The first-order valence-electron chi connectivity index (χ1n) is 12.6. The summed E-state index contributed by atoms with van der Waals surface area (Å²) in [5.74, 6) is -0.224. The highest BCUT2D eigenvalue weighted by Gasteiger charge is 2.33. The topological polar surface area (TPSA) is 112 Å². The van der Waals surface area contributed by atoms with Crippen molar-refractivity contribution < 1.29 is 37.1 Å². The molecule has 43 heavy (non-hydrogen) atoms. The number of carbonyl (C=O) groups is 1. The van der Waals surface area contributed by atoms with Crippen molar-refractivity contribution in [2.24, 2.45) is 5.10 Å². The van der Waals surface area contributed by atoms with Crippen molar-refractivity contribution in [2.45, 2.75) is 19.7 Å². The van der Waals surface area contributed by atoms with Crippen LogP contribution in [0.15, 0.2) is 90.0 Å². The van der Waals surface area contributed by atoms with Gasteiger partial charge in [0.05, 0.1) is 23.3 Å². The summed E-state index contributed by atoms with van der Waals surface area (Å²) in [6, 6.07) is 20.2. The largest absolute Gasteiger partial charge is 0.490 e. The number of ether oxygens (including phenoxy) is 3. The zero-order valence-corrected chi connectivity index (χ0v) is 23.2. The first-order chi connectivity index (χ1) is 20.5. The van der Waals surface area contributed by atoms with Gasteiger partial charge >= 0.3 is 11.9 Å². The summed E-state index contributed by atoms with van der Waals surface area (Å²) in [6.07, 6.45) is -3.60. The zero-order chi connectivity index (χ0) is 31.0. The number of nitrogens with zero attached hydrogens (tertiary/aromatic N) is 2. The summed E-state index contributed by atoms with van der Waals surface area (Å²) in [7, 11) is 0. The van der Waals surface area contributed by atoms with Crippen molar-refractivity contribution in [2.75, 3.05) is 6.61 Å². The molecule has 0 aliphatic heterocycles. The van der Waals surface area contributed by atoms with Crippen LogP contribution in [0.5, 0.6) is 23.0 Å². The minimum Gasteiger partial charge on any atom is -0.490 e. The van der Waals surface area contributed by atoms with Crippen molar-refractivity contribution in [3.8, 4) is 23.0 Å². The van der Waals surface area contributed by atoms with Gasteiger partial charge in [-0.05, 0) is 61.0 Å².